The summed E-state index contributed by atoms with van der Waals surface area (Å²) in [6, 6.07) is 11.9. The average molecular weight is 372 g/mol. The van der Waals surface area contributed by atoms with Crippen LogP contribution in [0.5, 0.6) is 5.75 Å². The van der Waals surface area contributed by atoms with Crippen LogP contribution >= 0.6 is 11.8 Å². The third kappa shape index (κ3) is 4.99. The van der Waals surface area contributed by atoms with Gasteiger partial charge in [0, 0.05) is 50.0 Å². The Hall–Kier alpha value is -2.05. The maximum atomic E-state index is 12.7. The molecular formula is C20H25N3O2S. The van der Waals surface area contributed by atoms with E-state index in [0.29, 0.717) is 0 Å². The third-order valence-corrected chi connectivity index (χ3v) is 5.66. The predicted molar refractivity (Wildman–Crippen MR) is 104 cm³/mol. The number of carbonyl (C=O) groups excluding carboxylic acids is 1. The van der Waals surface area contributed by atoms with Crippen molar-refractivity contribution in [2.45, 2.75) is 23.6 Å². The molecule has 1 fully saturated rings. The van der Waals surface area contributed by atoms with Crippen molar-refractivity contribution in [3.63, 3.8) is 0 Å². The zero-order chi connectivity index (χ0) is 18.4. The third-order valence-electron chi connectivity index (χ3n) is 4.56. The molecule has 1 aliphatic rings. The van der Waals surface area contributed by atoms with E-state index in [2.05, 4.69) is 9.88 Å². The number of amides is 1. The first-order chi connectivity index (χ1) is 12.7. The molecule has 1 saturated heterocycles. The van der Waals surface area contributed by atoms with Crippen LogP contribution in [0.25, 0.3) is 0 Å². The average Bonchev–Trinajstić information content (AvgIpc) is 2.69. The fraction of sp³-hybridized carbons (Fsp3) is 0.400. The number of benzene rings is 1. The summed E-state index contributed by atoms with van der Waals surface area (Å²) in [6.07, 6.45) is 3.65. The highest BCUT2D eigenvalue weighted by Crippen LogP contribution is 2.26. The van der Waals surface area contributed by atoms with Crippen LogP contribution in [0.15, 0.2) is 53.7 Å². The minimum atomic E-state index is -0.0878. The van der Waals surface area contributed by atoms with Gasteiger partial charge in [0.25, 0.3) is 0 Å². The Bertz CT molecular complexity index is 701. The van der Waals surface area contributed by atoms with Crippen LogP contribution in [0.4, 0.5) is 0 Å². The zero-order valence-corrected chi connectivity index (χ0v) is 16.1. The van der Waals surface area contributed by atoms with Crippen LogP contribution in [-0.4, -0.2) is 59.2 Å². The van der Waals surface area contributed by atoms with Gasteiger partial charge in [-0.2, -0.15) is 0 Å². The number of aromatic nitrogens is 1. The molecule has 1 amide bonds. The van der Waals surface area contributed by atoms with Gasteiger partial charge in [-0.25, -0.2) is 0 Å². The highest BCUT2D eigenvalue weighted by Gasteiger charge is 2.25. The molecule has 1 aromatic carbocycles. The molecule has 1 aromatic heterocycles. The first-order valence-electron chi connectivity index (χ1n) is 8.86. The minimum absolute atomic E-state index is 0.0878. The Morgan fingerprint density at radius 2 is 1.77 bits per heavy atom. The van der Waals surface area contributed by atoms with Crippen LogP contribution in [0.3, 0.4) is 0 Å². The van der Waals surface area contributed by atoms with Crippen molar-refractivity contribution >= 4 is 17.7 Å². The summed E-state index contributed by atoms with van der Waals surface area (Å²) in [4.78, 5) is 22.3. The monoisotopic (exact) mass is 371 g/mol. The van der Waals surface area contributed by atoms with Gasteiger partial charge in [-0.15, -0.1) is 11.8 Å². The van der Waals surface area contributed by atoms with Gasteiger partial charge in [-0.3, -0.25) is 14.7 Å². The van der Waals surface area contributed by atoms with E-state index in [1.165, 1.54) is 5.56 Å². The van der Waals surface area contributed by atoms with Crippen molar-refractivity contribution in [2.24, 2.45) is 0 Å². The summed E-state index contributed by atoms with van der Waals surface area (Å²) in [6.45, 7) is 6.30. The minimum Gasteiger partial charge on any atom is -0.497 e. The largest absolute Gasteiger partial charge is 0.497 e. The lowest BCUT2D eigenvalue weighted by molar-refractivity contribution is -0.132. The number of hydrogen-bond donors (Lipinski definition) is 0. The normalized spacial score (nSPS) is 16.3. The smallest absolute Gasteiger partial charge is 0.235 e. The van der Waals surface area contributed by atoms with Crippen molar-refractivity contribution in [2.75, 3.05) is 33.3 Å². The van der Waals surface area contributed by atoms with Gasteiger partial charge < -0.3 is 9.64 Å². The van der Waals surface area contributed by atoms with E-state index in [9.17, 15) is 4.79 Å². The molecule has 138 valence electrons. The second-order valence-corrected chi connectivity index (χ2v) is 7.81. The van der Waals surface area contributed by atoms with Gasteiger partial charge in [0.15, 0.2) is 0 Å². The van der Waals surface area contributed by atoms with E-state index in [0.717, 1.165) is 43.4 Å². The maximum absolute atomic E-state index is 12.7. The van der Waals surface area contributed by atoms with Gasteiger partial charge in [0.2, 0.25) is 5.91 Å². The van der Waals surface area contributed by atoms with Crippen LogP contribution in [0.2, 0.25) is 0 Å². The van der Waals surface area contributed by atoms with E-state index < -0.39 is 0 Å². The summed E-state index contributed by atoms with van der Waals surface area (Å²) in [7, 11) is 1.66. The molecule has 1 atom stereocenters. The summed E-state index contributed by atoms with van der Waals surface area (Å²) < 4.78 is 5.18. The number of methoxy groups -OCH3 is 1. The molecule has 5 nitrogen and oxygen atoms in total. The van der Waals surface area contributed by atoms with E-state index in [1.807, 2.05) is 60.6 Å². The summed E-state index contributed by atoms with van der Waals surface area (Å²) >= 11 is 1.60. The number of nitrogens with zero attached hydrogens (tertiary/aromatic N) is 3. The predicted octanol–water partition coefficient (Wildman–Crippen LogP) is 2.92. The van der Waals surface area contributed by atoms with Gasteiger partial charge in [0.05, 0.1) is 12.4 Å². The van der Waals surface area contributed by atoms with Crippen molar-refractivity contribution < 1.29 is 9.53 Å². The molecule has 0 spiro atoms. The number of pyridine rings is 1. The SMILES string of the molecule is COc1ccc(SC(C)C(=O)N2CCN(Cc3ccncc3)CC2)cc1. The number of hydrogen-bond acceptors (Lipinski definition) is 5. The number of ether oxygens (including phenoxy) is 1. The Labute approximate surface area is 159 Å². The quantitative estimate of drug-likeness (QED) is 0.731. The van der Waals surface area contributed by atoms with E-state index in [1.54, 1.807) is 18.9 Å². The van der Waals surface area contributed by atoms with Crippen LogP contribution < -0.4 is 4.74 Å². The van der Waals surface area contributed by atoms with E-state index >= 15 is 0 Å². The van der Waals surface area contributed by atoms with E-state index in [-0.39, 0.29) is 11.2 Å². The Balaban J connectivity index is 1.47. The Morgan fingerprint density at radius 1 is 1.12 bits per heavy atom. The summed E-state index contributed by atoms with van der Waals surface area (Å²) in [5.41, 5.74) is 1.27. The van der Waals surface area contributed by atoms with Gasteiger partial charge >= 0.3 is 0 Å². The molecule has 0 bridgehead atoms. The zero-order valence-electron chi connectivity index (χ0n) is 15.3. The summed E-state index contributed by atoms with van der Waals surface area (Å²) in [5, 5.41) is -0.0878. The number of rotatable bonds is 6. The molecule has 26 heavy (non-hydrogen) atoms. The lowest BCUT2D eigenvalue weighted by atomic mass is 10.2. The molecule has 0 N–H and O–H groups in total. The summed E-state index contributed by atoms with van der Waals surface area (Å²) in [5.74, 6) is 1.05. The van der Waals surface area contributed by atoms with Crippen LogP contribution in [0.1, 0.15) is 12.5 Å². The fourth-order valence-corrected chi connectivity index (χ4v) is 3.99. The lowest BCUT2D eigenvalue weighted by Gasteiger charge is -2.35. The molecule has 1 unspecified atom stereocenters. The first-order valence-corrected chi connectivity index (χ1v) is 9.74. The lowest BCUT2D eigenvalue weighted by Crippen LogP contribution is -2.50. The Kier molecular flexibility index (Phi) is 6.52. The number of carbonyl (C=O) groups is 1. The molecule has 2 aromatic rings. The molecule has 0 saturated carbocycles. The van der Waals surface area contributed by atoms with Gasteiger partial charge in [-0.1, -0.05) is 0 Å². The fourth-order valence-electron chi connectivity index (χ4n) is 3.04. The molecule has 6 heteroatoms. The first kappa shape index (κ1) is 18.7. The van der Waals surface area contributed by atoms with Crippen molar-refractivity contribution in [3.8, 4) is 5.75 Å². The molecular weight excluding hydrogens is 346 g/mol. The molecule has 2 heterocycles. The molecule has 0 aliphatic carbocycles. The number of piperazine rings is 1. The maximum Gasteiger partial charge on any atom is 0.235 e. The van der Waals surface area contributed by atoms with Crippen molar-refractivity contribution in [1.29, 1.82) is 0 Å². The number of thioether (sulfide) groups is 1. The Morgan fingerprint density at radius 3 is 2.38 bits per heavy atom. The van der Waals surface area contributed by atoms with Gasteiger partial charge in [0.1, 0.15) is 5.75 Å². The standard InChI is InChI=1S/C20H25N3O2S/c1-16(26-19-5-3-18(25-2)4-6-19)20(24)23-13-11-22(12-14-23)15-17-7-9-21-10-8-17/h3-10,16H,11-15H2,1-2H3. The van der Waals surface area contributed by atoms with E-state index in [4.69, 9.17) is 4.74 Å². The van der Waals surface area contributed by atoms with Crippen LogP contribution in [-0.2, 0) is 11.3 Å². The molecule has 3 rings (SSSR count). The van der Waals surface area contributed by atoms with Crippen LogP contribution in [0, 0.1) is 0 Å². The highest BCUT2D eigenvalue weighted by atomic mass is 32.2. The van der Waals surface area contributed by atoms with Crippen molar-refractivity contribution in [3.05, 3.63) is 54.4 Å². The second-order valence-electron chi connectivity index (χ2n) is 6.39. The van der Waals surface area contributed by atoms with Gasteiger partial charge in [-0.05, 0) is 48.9 Å². The molecule has 0 radical (unpaired) electrons. The topological polar surface area (TPSA) is 45.7 Å². The highest BCUT2D eigenvalue weighted by molar-refractivity contribution is 8.00. The second kappa shape index (κ2) is 9.05. The van der Waals surface area contributed by atoms with Crippen molar-refractivity contribution in [1.82, 2.24) is 14.8 Å². The molecule has 1 aliphatic heterocycles.